The number of hydrogen-bond donors (Lipinski definition) is 0. The number of ether oxygens (including phenoxy) is 2. The first-order chi connectivity index (χ1) is 8.53. The van der Waals surface area contributed by atoms with E-state index in [1.54, 1.807) is 6.92 Å². The summed E-state index contributed by atoms with van der Waals surface area (Å²) in [6.45, 7) is 10.8. The van der Waals surface area contributed by atoms with E-state index in [0.717, 1.165) is 19.6 Å². The van der Waals surface area contributed by atoms with E-state index in [-0.39, 0.29) is 12.6 Å². The van der Waals surface area contributed by atoms with Gasteiger partial charge in [0, 0.05) is 6.54 Å². The molecule has 0 radical (unpaired) electrons. The molecule has 1 fully saturated rings. The summed E-state index contributed by atoms with van der Waals surface area (Å²) in [5, 5.41) is 0. The first kappa shape index (κ1) is 15.4. The molecule has 4 nitrogen and oxygen atoms in total. The number of hydrogen-bond acceptors (Lipinski definition) is 4. The molecule has 18 heavy (non-hydrogen) atoms. The van der Waals surface area contributed by atoms with E-state index in [0.29, 0.717) is 18.6 Å². The Morgan fingerprint density at radius 3 is 2.78 bits per heavy atom. The smallest absolute Gasteiger partial charge is 0.332 e. The minimum absolute atomic E-state index is 0.0766. The van der Waals surface area contributed by atoms with Crippen molar-refractivity contribution >= 4 is 5.97 Å². The minimum atomic E-state index is -0.269. The highest BCUT2D eigenvalue weighted by atomic mass is 16.6. The van der Waals surface area contributed by atoms with Crippen molar-refractivity contribution < 1.29 is 14.3 Å². The average molecular weight is 257 g/mol. The van der Waals surface area contributed by atoms with E-state index in [4.69, 9.17) is 9.47 Å². The third kappa shape index (κ3) is 6.36. The summed E-state index contributed by atoms with van der Waals surface area (Å²) in [6, 6.07) is 0. The fraction of sp³-hybridized carbons (Fsp3) is 0.929. The number of carbonyl (C=O) groups excluding carboxylic acids is 1. The number of likely N-dealkylation sites (tertiary alicyclic amines) is 1. The summed E-state index contributed by atoms with van der Waals surface area (Å²) in [6.07, 6.45) is 3.79. The standard InChI is InChI=1S/C14H27NO3/c1-4-18-13(16)12-17-11-10-15-8-5-6-14(2,3)7-9-15/h4-12H2,1-3H3. The van der Waals surface area contributed by atoms with Crippen LogP contribution in [0.4, 0.5) is 0 Å². The Hall–Kier alpha value is -0.610. The molecule has 1 rings (SSSR count). The second kappa shape index (κ2) is 7.74. The molecule has 0 unspecified atom stereocenters. The van der Waals surface area contributed by atoms with Gasteiger partial charge in [0.15, 0.2) is 0 Å². The molecule has 0 aromatic heterocycles. The quantitative estimate of drug-likeness (QED) is 0.539. The first-order valence-corrected chi connectivity index (χ1v) is 6.99. The van der Waals surface area contributed by atoms with Gasteiger partial charge in [0.05, 0.1) is 13.2 Å². The largest absolute Gasteiger partial charge is 0.464 e. The average Bonchev–Trinajstić information content (AvgIpc) is 2.47. The van der Waals surface area contributed by atoms with Gasteiger partial charge in [-0.2, -0.15) is 0 Å². The fourth-order valence-electron chi connectivity index (χ4n) is 2.25. The Kier molecular flexibility index (Phi) is 6.65. The van der Waals surface area contributed by atoms with Crippen LogP contribution in [-0.2, 0) is 14.3 Å². The molecule has 0 atom stereocenters. The maximum absolute atomic E-state index is 11.1. The van der Waals surface area contributed by atoms with E-state index in [1.807, 2.05) is 0 Å². The topological polar surface area (TPSA) is 38.8 Å². The first-order valence-electron chi connectivity index (χ1n) is 6.99. The Bertz CT molecular complexity index is 253. The second-order valence-corrected chi connectivity index (χ2v) is 5.72. The van der Waals surface area contributed by atoms with Gasteiger partial charge < -0.3 is 14.4 Å². The van der Waals surface area contributed by atoms with Crippen LogP contribution in [0.5, 0.6) is 0 Å². The minimum Gasteiger partial charge on any atom is -0.464 e. The molecule has 4 heteroatoms. The third-order valence-corrected chi connectivity index (χ3v) is 3.51. The van der Waals surface area contributed by atoms with E-state index in [1.165, 1.54) is 19.3 Å². The van der Waals surface area contributed by atoms with Gasteiger partial charge in [-0.15, -0.1) is 0 Å². The summed E-state index contributed by atoms with van der Waals surface area (Å²) < 4.78 is 10.1. The van der Waals surface area contributed by atoms with Crippen molar-refractivity contribution in [3.63, 3.8) is 0 Å². The Morgan fingerprint density at radius 1 is 1.28 bits per heavy atom. The molecule has 1 aliphatic heterocycles. The van der Waals surface area contributed by atoms with Crippen LogP contribution in [0.2, 0.25) is 0 Å². The Labute approximate surface area is 111 Å². The van der Waals surface area contributed by atoms with Gasteiger partial charge in [0.1, 0.15) is 6.61 Å². The molecular weight excluding hydrogens is 230 g/mol. The van der Waals surface area contributed by atoms with Crippen LogP contribution in [0.3, 0.4) is 0 Å². The van der Waals surface area contributed by atoms with Gasteiger partial charge in [0.2, 0.25) is 0 Å². The van der Waals surface area contributed by atoms with Crippen molar-refractivity contribution in [3.8, 4) is 0 Å². The molecule has 0 aromatic rings. The van der Waals surface area contributed by atoms with Gasteiger partial charge >= 0.3 is 5.97 Å². The maximum atomic E-state index is 11.1. The molecule has 1 heterocycles. The Morgan fingerprint density at radius 2 is 2.06 bits per heavy atom. The van der Waals surface area contributed by atoms with Crippen LogP contribution in [0.15, 0.2) is 0 Å². The highest BCUT2D eigenvalue weighted by Gasteiger charge is 2.22. The van der Waals surface area contributed by atoms with Gasteiger partial charge in [0.25, 0.3) is 0 Å². The van der Waals surface area contributed by atoms with Crippen molar-refractivity contribution in [2.75, 3.05) is 39.5 Å². The van der Waals surface area contributed by atoms with E-state index >= 15 is 0 Å². The molecule has 0 N–H and O–H groups in total. The van der Waals surface area contributed by atoms with Crippen molar-refractivity contribution in [1.29, 1.82) is 0 Å². The van der Waals surface area contributed by atoms with Crippen LogP contribution in [-0.4, -0.2) is 50.3 Å². The number of nitrogens with zero attached hydrogens (tertiary/aromatic N) is 1. The van der Waals surface area contributed by atoms with Crippen LogP contribution in [0.25, 0.3) is 0 Å². The molecule has 1 aliphatic rings. The van der Waals surface area contributed by atoms with Crippen molar-refractivity contribution in [2.24, 2.45) is 5.41 Å². The zero-order chi connectivity index (χ0) is 13.4. The highest BCUT2D eigenvalue weighted by molar-refractivity contribution is 5.70. The molecule has 106 valence electrons. The molecule has 0 aliphatic carbocycles. The fourth-order valence-corrected chi connectivity index (χ4v) is 2.25. The number of rotatable bonds is 6. The second-order valence-electron chi connectivity index (χ2n) is 5.72. The van der Waals surface area contributed by atoms with Gasteiger partial charge in [-0.3, -0.25) is 0 Å². The summed E-state index contributed by atoms with van der Waals surface area (Å²) >= 11 is 0. The van der Waals surface area contributed by atoms with E-state index < -0.39 is 0 Å². The molecule has 0 spiro atoms. The highest BCUT2D eigenvalue weighted by Crippen LogP contribution is 2.29. The zero-order valence-electron chi connectivity index (χ0n) is 12.0. The third-order valence-electron chi connectivity index (χ3n) is 3.51. The summed E-state index contributed by atoms with van der Waals surface area (Å²) in [7, 11) is 0. The van der Waals surface area contributed by atoms with Crippen LogP contribution in [0, 0.1) is 5.41 Å². The lowest BCUT2D eigenvalue weighted by molar-refractivity contribution is -0.148. The molecule has 0 amide bonds. The normalized spacial score (nSPS) is 20.4. The monoisotopic (exact) mass is 257 g/mol. The predicted octanol–water partition coefficient (Wildman–Crippen LogP) is 2.08. The Balaban J connectivity index is 2.10. The summed E-state index contributed by atoms with van der Waals surface area (Å²) in [4.78, 5) is 13.5. The van der Waals surface area contributed by atoms with Crippen LogP contribution >= 0.6 is 0 Å². The van der Waals surface area contributed by atoms with E-state index in [2.05, 4.69) is 18.7 Å². The maximum Gasteiger partial charge on any atom is 0.332 e. The molecule has 1 saturated heterocycles. The zero-order valence-corrected chi connectivity index (χ0v) is 12.0. The van der Waals surface area contributed by atoms with Gasteiger partial charge in [-0.05, 0) is 44.7 Å². The van der Waals surface area contributed by atoms with E-state index in [9.17, 15) is 4.79 Å². The van der Waals surface area contributed by atoms with Crippen LogP contribution < -0.4 is 0 Å². The molecular formula is C14H27NO3. The SMILES string of the molecule is CCOC(=O)COCCN1CCCC(C)(C)CC1. The van der Waals surface area contributed by atoms with Gasteiger partial charge in [-0.25, -0.2) is 4.79 Å². The molecule has 0 bridgehead atoms. The predicted molar refractivity (Wildman–Crippen MR) is 71.5 cm³/mol. The lowest BCUT2D eigenvalue weighted by atomic mass is 9.85. The van der Waals surface area contributed by atoms with Crippen LogP contribution in [0.1, 0.15) is 40.0 Å². The molecule has 0 aromatic carbocycles. The molecule has 0 saturated carbocycles. The summed E-state index contributed by atoms with van der Waals surface area (Å²) in [5.41, 5.74) is 0.473. The van der Waals surface area contributed by atoms with Gasteiger partial charge in [-0.1, -0.05) is 13.8 Å². The van der Waals surface area contributed by atoms with Crippen molar-refractivity contribution in [3.05, 3.63) is 0 Å². The number of esters is 1. The summed E-state index contributed by atoms with van der Waals surface area (Å²) in [5.74, 6) is -0.269. The number of carbonyl (C=O) groups is 1. The van der Waals surface area contributed by atoms with Crippen molar-refractivity contribution in [2.45, 2.75) is 40.0 Å². The van der Waals surface area contributed by atoms with Crippen molar-refractivity contribution in [1.82, 2.24) is 4.90 Å². The lowest BCUT2D eigenvalue weighted by Gasteiger charge is -2.23. The lowest BCUT2D eigenvalue weighted by Crippen LogP contribution is -2.30.